The fraction of sp³-hybridized carbons (Fsp3) is 0.354. The SMILES string of the molecule is CCCCc1ccc2c(c1)C1(C)C=CC(C)C3=C1C1(C)C(=C4Sc5ccccc5C43C)B3c4c(cc5c(c4-c4cc6c(cc4N3c3ccccc3)C(C)(C)CCC6(C)C)C(C)(C)c3ccccc3-5)N21. The van der Waals surface area contributed by atoms with Gasteiger partial charge in [0.15, 0.2) is 0 Å². The van der Waals surface area contributed by atoms with Gasteiger partial charge in [0.1, 0.15) is 0 Å². The van der Waals surface area contributed by atoms with Crippen molar-refractivity contribution in [3.63, 3.8) is 0 Å². The smallest absolute Gasteiger partial charge is 0.330 e. The average molecular weight is 917 g/mol. The number of unbranched alkanes of at least 4 members (excludes halogenated alkanes) is 1. The summed E-state index contributed by atoms with van der Waals surface area (Å²) in [4.78, 5) is 8.74. The van der Waals surface area contributed by atoms with E-state index in [1.165, 1.54) is 125 Å². The van der Waals surface area contributed by atoms with Crippen LogP contribution in [-0.4, -0.2) is 12.4 Å². The largest absolute Gasteiger partial charge is 0.377 e. The van der Waals surface area contributed by atoms with Crippen LogP contribution < -0.4 is 15.2 Å². The summed E-state index contributed by atoms with van der Waals surface area (Å²) in [7, 11) is 0. The van der Waals surface area contributed by atoms with Crippen LogP contribution in [0.25, 0.3) is 22.3 Å². The molecule has 6 aromatic rings. The molecule has 0 aromatic heterocycles. The van der Waals surface area contributed by atoms with Gasteiger partial charge in [-0.05, 0) is 188 Å². The molecular weight excluding hydrogens is 852 g/mol. The quantitative estimate of drug-likeness (QED) is 0.129. The number of para-hydroxylation sites is 1. The standard InChI is InChI=1S/C65H65BN2S/c1-12-13-21-39-28-29-49-48(34-39)63(9)31-30-38(2)54-57(63)65(11)58(59-64(54,10)45-26-19-20-27-52(45)69-59)66-56-51(67(49)65)36-42-41-24-17-18-25-44(41)62(7,8)55(42)53(56)43-35-46-47(61(5,6)33-32-60(46,3)4)37-50(43)68(66)40-22-15-14-16-23-40/h14-20,22-31,34-38H,12-13,21,32-33H2,1-11H3. The van der Waals surface area contributed by atoms with Gasteiger partial charge in [0, 0.05) is 49.5 Å². The Morgan fingerprint density at radius 3 is 2.10 bits per heavy atom. The second kappa shape index (κ2) is 13.5. The Morgan fingerprint density at radius 2 is 1.35 bits per heavy atom. The van der Waals surface area contributed by atoms with E-state index in [2.05, 4.69) is 225 Å². The lowest BCUT2D eigenvalue weighted by molar-refractivity contribution is 0.332. The van der Waals surface area contributed by atoms with E-state index in [1.54, 1.807) is 16.6 Å². The summed E-state index contributed by atoms with van der Waals surface area (Å²) in [5.74, 6) is 0.268. The molecule has 0 radical (unpaired) electrons. The zero-order valence-electron chi connectivity index (χ0n) is 42.6. The van der Waals surface area contributed by atoms with Gasteiger partial charge >= 0.3 is 6.85 Å². The molecular formula is C65H65BN2S. The van der Waals surface area contributed by atoms with Crippen LogP contribution >= 0.6 is 11.8 Å². The summed E-state index contributed by atoms with van der Waals surface area (Å²) >= 11 is 2.09. The van der Waals surface area contributed by atoms with Crippen molar-refractivity contribution in [1.29, 1.82) is 0 Å². The number of allylic oxidation sites excluding steroid dienone is 4. The van der Waals surface area contributed by atoms with Crippen molar-refractivity contribution in [2.45, 2.75) is 146 Å². The summed E-state index contributed by atoms with van der Waals surface area (Å²) in [6.45, 7) is 27.7. The van der Waals surface area contributed by atoms with Gasteiger partial charge in [-0.2, -0.15) is 0 Å². The minimum Gasteiger partial charge on any atom is -0.377 e. The first-order valence-corrected chi connectivity index (χ1v) is 27.1. The van der Waals surface area contributed by atoms with Crippen molar-refractivity contribution >= 4 is 46.8 Å². The fourth-order valence-electron chi connectivity index (χ4n) is 16.0. The minimum atomic E-state index is -0.498. The highest BCUT2D eigenvalue weighted by Crippen LogP contribution is 2.73. The molecule has 6 aromatic carbocycles. The molecule has 4 aliphatic carbocycles. The lowest BCUT2D eigenvalue weighted by atomic mass is 9.33. The number of hydrogen-bond acceptors (Lipinski definition) is 3. The molecule has 4 heteroatoms. The Labute approximate surface area is 416 Å². The van der Waals surface area contributed by atoms with E-state index in [-0.39, 0.29) is 39.8 Å². The van der Waals surface area contributed by atoms with Crippen LogP contribution in [0.1, 0.15) is 141 Å². The maximum absolute atomic E-state index is 2.93. The Balaban J connectivity index is 1.23. The lowest BCUT2D eigenvalue weighted by Gasteiger charge is -2.66. The van der Waals surface area contributed by atoms with Gasteiger partial charge in [0.25, 0.3) is 0 Å². The number of nitrogens with zero attached hydrogens (tertiary/aromatic N) is 2. The Kier molecular flexibility index (Phi) is 8.30. The monoisotopic (exact) mass is 916 g/mol. The average Bonchev–Trinajstić information content (AvgIpc) is 3.76. The van der Waals surface area contributed by atoms with E-state index in [1.807, 2.05) is 0 Å². The predicted octanol–water partition coefficient (Wildman–Crippen LogP) is 16.3. The number of benzene rings is 6. The topological polar surface area (TPSA) is 6.48 Å². The first kappa shape index (κ1) is 42.4. The van der Waals surface area contributed by atoms with Crippen molar-refractivity contribution < 1.29 is 0 Å². The summed E-state index contributed by atoms with van der Waals surface area (Å²) in [5.41, 5.74) is 26.4. The summed E-state index contributed by atoms with van der Waals surface area (Å²) < 4.78 is 0. The zero-order valence-corrected chi connectivity index (χ0v) is 43.4. The van der Waals surface area contributed by atoms with Gasteiger partial charge in [0.05, 0.1) is 5.54 Å². The lowest BCUT2D eigenvalue weighted by Crippen LogP contribution is -2.71. The maximum atomic E-state index is 2.93. The van der Waals surface area contributed by atoms with Gasteiger partial charge in [-0.15, -0.1) is 0 Å². The third-order valence-electron chi connectivity index (χ3n) is 19.4. The number of fused-ring (bicyclic) bond motifs is 16. The normalized spacial score (nSPS) is 26.9. The van der Waals surface area contributed by atoms with E-state index < -0.39 is 5.54 Å². The Morgan fingerprint density at radius 1 is 0.652 bits per heavy atom. The molecule has 4 aliphatic heterocycles. The number of aryl methyl sites for hydroxylation is 1. The van der Waals surface area contributed by atoms with E-state index >= 15 is 0 Å². The predicted molar refractivity (Wildman–Crippen MR) is 294 cm³/mol. The molecule has 0 fully saturated rings. The van der Waals surface area contributed by atoms with Crippen LogP contribution in [0.15, 0.2) is 154 Å². The highest BCUT2D eigenvalue weighted by Gasteiger charge is 2.68. The number of anilines is 4. The molecule has 69 heavy (non-hydrogen) atoms. The van der Waals surface area contributed by atoms with Crippen molar-refractivity contribution in [2.75, 3.05) is 9.71 Å². The molecule has 0 saturated carbocycles. The second-order valence-electron chi connectivity index (χ2n) is 24.5. The van der Waals surface area contributed by atoms with E-state index in [0.29, 0.717) is 0 Å². The van der Waals surface area contributed by atoms with Gasteiger partial charge < -0.3 is 9.71 Å². The molecule has 0 bridgehead atoms. The van der Waals surface area contributed by atoms with E-state index in [0.717, 1.165) is 6.42 Å². The van der Waals surface area contributed by atoms with Gasteiger partial charge in [0.2, 0.25) is 0 Å². The molecule has 4 unspecified atom stereocenters. The number of rotatable bonds is 4. The third kappa shape index (κ3) is 4.98. The van der Waals surface area contributed by atoms with Crippen molar-refractivity contribution in [2.24, 2.45) is 5.92 Å². The van der Waals surface area contributed by atoms with E-state index in [4.69, 9.17) is 0 Å². The summed E-state index contributed by atoms with van der Waals surface area (Å²) in [6.07, 6.45) is 11.1. The molecule has 0 saturated heterocycles. The molecule has 14 rings (SSSR count). The molecule has 0 spiro atoms. The van der Waals surface area contributed by atoms with Crippen LogP contribution in [0.4, 0.5) is 22.7 Å². The minimum absolute atomic E-state index is 0.0422. The Bertz CT molecular complexity index is 3420. The van der Waals surface area contributed by atoms with Crippen molar-refractivity contribution in [1.82, 2.24) is 0 Å². The molecule has 4 heterocycles. The van der Waals surface area contributed by atoms with Crippen LogP contribution in [-0.2, 0) is 33.5 Å². The van der Waals surface area contributed by atoms with Gasteiger partial charge in [-0.1, -0.05) is 159 Å². The van der Waals surface area contributed by atoms with Crippen LogP contribution in [0.5, 0.6) is 0 Å². The van der Waals surface area contributed by atoms with Crippen molar-refractivity contribution in [3.05, 3.63) is 188 Å². The third-order valence-corrected chi connectivity index (χ3v) is 20.8. The molecule has 8 aliphatic rings. The maximum Gasteiger partial charge on any atom is 0.330 e. The van der Waals surface area contributed by atoms with Gasteiger partial charge in [-0.25, -0.2) is 0 Å². The highest BCUT2D eigenvalue weighted by atomic mass is 32.2. The molecule has 0 N–H and O–H groups in total. The first-order chi connectivity index (χ1) is 33.0. The molecule has 0 amide bonds. The number of thioether (sulfide) groups is 1. The fourth-order valence-corrected chi connectivity index (χ4v) is 17.6. The number of hydrogen-bond donors (Lipinski definition) is 0. The molecule has 344 valence electrons. The second-order valence-corrected chi connectivity index (χ2v) is 25.6. The first-order valence-electron chi connectivity index (χ1n) is 26.2. The van der Waals surface area contributed by atoms with Crippen LogP contribution in [0.2, 0.25) is 0 Å². The summed E-state index contributed by atoms with van der Waals surface area (Å²) in [5, 5.41) is 0. The summed E-state index contributed by atoms with van der Waals surface area (Å²) in [6, 6.07) is 46.2. The van der Waals surface area contributed by atoms with Crippen LogP contribution in [0.3, 0.4) is 0 Å². The highest BCUT2D eigenvalue weighted by molar-refractivity contribution is 8.03. The van der Waals surface area contributed by atoms with Crippen molar-refractivity contribution in [3.8, 4) is 22.3 Å². The molecule has 2 nitrogen and oxygen atoms in total. The zero-order chi connectivity index (χ0) is 47.5. The van der Waals surface area contributed by atoms with E-state index in [9.17, 15) is 0 Å². The molecule has 4 atom stereocenters. The van der Waals surface area contributed by atoms with Crippen LogP contribution in [0, 0.1) is 5.92 Å². The van der Waals surface area contributed by atoms with Gasteiger partial charge in [-0.3, -0.25) is 0 Å². The Hall–Kier alpha value is -5.45.